The SMILES string of the molecule is Clc1cccc(NC2=NC3(CCOCC3)CS2)c1. The number of ether oxygens (including phenoxy) is 1. The van der Waals surface area contributed by atoms with Gasteiger partial charge in [-0.05, 0) is 31.0 Å². The van der Waals surface area contributed by atoms with E-state index in [1.54, 1.807) is 11.8 Å². The molecule has 1 aromatic carbocycles. The van der Waals surface area contributed by atoms with Crippen molar-refractivity contribution < 1.29 is 4.74 Å². The van der Waals surface area contributed by atoms with Crippen molar-refractivity contribution in [3.8, 4) is 0 Å². The summed E-state index contributed by atoms with van der Waals surface area (Å²) in [6, 6.07) is 7.73. The monoisotopic (exact) mass is 282 g/mol. The summed E-state index contributed by atoms with van der Waals surface area (Å²) in [5, 5.41) is 5.08. The summed E-state index contributed by atoms with van der Waals surface area (Å²) in [5.41, 5.74) is 1.10. The molecule has 0 aromatic heterocycles. The van der Waals surface area contributed by atoms with Crippen LogP contribution in [0.1, 0.15) is 12.8 Å². The predicted octanol–water partition coefficient (Wildman–Crippen LogP) is 3.40. The molecule has 0 saturated carbocycles. The average Bonchev–Trinajstić information content (AvgIpc) is 2.73. The molecule has 1 fully saturated rings. The molecule has 3 nitrogen and oxygen atoms in total. The van der Waals surface area contributed by atoms with Crippen molar-refractivity contribution in [1.29, 1.82) is 0 Å². The fraction of sp³-hybridized carbons (Fsp3) is 0.462. The lowest BCUT2D eigenvalue weighted by Crippen LogP contribution is -2.34. The standard InChI is InChI=1S/C13H15ClN2OS/c14-10-2-1-3-11(8-10)15-12-16-13(9-18-12)4-6-17-7-5-13/h1-3,8H,4-7,9H2,(H,15,16). The minimum atomic E-state index is 0.101. The third-order valence-electron chi connectivity index (χ3n) is 3.32. The number of nitrogens with one attached hydrogen (secondary N) is 1. The maximum atomic E-state index is 5.97. The number of hydrogen-bond acceptors (Lipinski definition) is 4. The number of benzene rings is 1. The first kappa shape index (κ1) is 12.3. The van der Waals surface area contributed by atoms with Crippen molar-refractivity contribution in [3.05, 3.63) is 29.3 Å². The summed E-state index contributed by atoms with van der Waals surface area (Å²) in [6.07, 6.45) is 2.06. The summed E-state index contributed by atoms with van der Waals surface area (Å²) >= 11 is 7.76. The highest BCUT2D eigenvalue weighted by Gasteiger charge is 2.37. The molecular weight excluding hydrogens is 268 g/mol. The van der Waals surface area contributed by atoms with Gasteiger partial charge in [0, 0.05) is 29.7 Å². The summed E-state index contributed by atoms with van der Waals surface area (Å²) in [6.45, 7) is 1.66. The molecule has 3 rings (SSSR count). The molecule has 0 atom stereocenters. The highest BCUT2D eigenvalue weighted by Crippen LogP contribution is 2.36. The van der Waals surface area contributed by atoms with Gasteiger partial charge in [0.25, 0.3) is 0 Å². The molecule has 2 aliphatic heterocycles. The van der Waals surface area contributed by atoms with E-state index in [-0.39, 0.29) is 5.54 Å². The van der Waals surface area contributed by atoms with Gasteiger partial charge in [0.05, 0.1) is 5.54 Å². The Balaban J connectivity index is 1.72. The lowest BCUT2D eigenvalue weighted by atomic mass is 9.93. The van der Waals surface area contributed by atoms with Crippen molar-refractivity contribution >= 4 is 34.2 Å². The number of halogens is 1. The van der Waals surface area contributed by atoms with Gasteiger partial charge in [0.15, 0.2) is 5.17 Å². The maximum absolute atomic E-state index is 5.97. The quantitative estimate of drug-likeness (QED) is 0.857. The molecule has 1 aromatic rings. The Hall–Kier alpha value is -0.710. The van der Waals surface area contributed by atoms with Gasteiger partial charge < -0.3 is 10.1 Å². The molecule has 0 radical (unpaired) electrons. The number of rotatable bonds is 1. The number of hydrogen-bond donors (Lipinski definition) is 1. The van der Waals surface area contributed by atoms with Crippen molar-refractivity contribution in [2.75, 3.05) is 24.3 Å². The summed E-state index contributed by atoms with van der Waals surface area (Å²) in [4.78, 5) is 4.85. The van der Waals surface area contributed by atoms with E-state index in [4.69, 9.17) is 21.3 Å². The highest BCUT2D eigenvalue weighted by molar-refractivity contribution is 8.14. The van der Waals surface area contributed by atoms with E-state index in [9.17, 15) is 0 Å². The second-order valence-corrected chi connectivity index (χ2v) is 6.08. The third kappa shape index (κ3) is 2.66. The van der Waals surface area contributed by atoms with Crippen molar-refractivity contribution in [2.45, 2.75) is 18.4 Å². The summed E-state index contributed by atoms with van der Waals surface area (Å²) < 4.78 is 5.41. The van der Waals surface area contributed by atoms with Crippen LogP contribution in [-0.4, -0.2) is 29.7 Å². The normalized spacial score (nSPS) is 21.9. The lowest BCUT2D eigenvalue weighted by molar-refractivity contribution is 0.0624. The number of anilines is 1. The summed E-state index contributed by atoms with van der Waals surface area (Å²) in [7, 11) is 0. The van der Waals surface area contributed by atoms with E-state index in [1.165, 1.54) is 0 Å². The predicted molar refractivity (Wildman–Crippen MR) is 77.8 cm³/mol. The van der Waals surface area contributed by atoms with Gasteiger partial charge in [-0.2, -0.15) is 0 Å². The van der Waals surface area contributed by atoms with Crippen LogP contribution in [0.15, 0.2) is 29.3 Å². The Kier molecular flexibility index (Phi) is 3.50. The van der Waals surface area contributed by atoms with E-state index >= 15 is 0 Å². The van der Waals surface area contributed by atoms with Gasteiger partial charge in [0.1, 0.15) is 0 Å². The maximum Gasteiger partial charge on any atom is 0.161 e. The van der Waals surface area contributed by atoms with Crippen LogP contribution in [0, 0.1) is 0 Å². The van der Waals surface area contributed by atoms with Crippen LogP contribution in [0.3, 0.4) is 0 Å². The Morgan fingerprint density at radius 3 is 2.94 bits per heavy atom. The largest absolute Gasteiger partial charge is 0.381 e. The molecule has 18 heavy (non-hydrogen) atoms. The smallest absolute Gasteiger partial charge is 0.161 e. The van der Waals surface area contributed by atoms with Crippen LogP contribution in [-0.2, 0) is 4.74 Å². The van der Waals surface area contributed by atoms with Crippen LogP contribution < -0.4 is 5.32 Å². The van der Waals surface area contributed by atoms with Crippen LogP contribution in [0.5, 0.6) is 0 Å². The molecule has 0 bridgehead atoms. The van der Waals surface area contributed by atoms with Gasteiger partial charge >= 0.3 is 0 Å². The molecule has 1 saturated heterocycles. The zero-order valence-corrected chi connectivity index (χ0v) is 11.6. The number of nitrogens with zero attached hydrogens (tertiary/aromatic N) is 1. The Bertz CT molecular complexity index is 472. The Labute approximate surface area is 116 Å². The Morgan fingerprint density at radius 1 is 1.33 bits per heavy atom. The van der Waals surface area contributed by atoms with Crippen molar-refractivity contribution in [1.82, 2.24) is 0 Å². The van der Waals surface area contributed by atoms with E-state index < -0.39 is 0 Å². The van der Waals surface area contributed by atoms with E-state index in [2.05, 4.69) is 5.32 Å². The van der Waals surface area contributed by atoms with Crippen LogP contribution in [0.2, 0.25) is 5.02 Å². The van der Waals surface area contributed by atoms with E-state index in [0.717, 1.165) is 47.7 Å². The van der Waals surface area contributed by atoms with Gasteiger partial charge in [0.2, 0.25) is 0 Å². The number of aliphatic imine (C=N–C) groups is 1. The second-order valence-electron chi connectivity index (χ2n) is 4.68. The lowest BCUT2D eigenvalue weighted by Gasteiger charge is -2.29. The highest BCUT2D eigenvalue weighted by atomic mass is 35.5. The molecule has 96 valence electrons. The molecule has 1 spiro atoms. The van der Waals surface area contributed by atoms with E-state index in [0.29, 0.717) is 0 Å². The molecule has 1 N–H and O–H groups in total. The fourth-order valence-corrected chi connectivity index (χ4v) is 3.64. The van der Waals surface area contributed by atoms with Gasteiger partial charge in [-0.25, -0.2) is 0 Å². The van der Waals surface area contributed by atoms with Gasteiger partial charge in [-0.1, -0.05) is 29.4 Å². The second kappa shape index (κ2) is 5.11. The molecule has 0 amide bonds. The Morgan fingerprint density at radius 2 is 2.17 bits per heavy atom. The zero-order valence-electron chi connectivity index (χ0n) is 9.99. The van der Waals surface area contributed by atoms with Gasteiger partial charge in [-0.15, -0.1) is 0 Å². The molecule has 5 heteroatoms. The minimum Gasteiger partial charge on any atom is -0.381 e. The molecular formula is C13H15ClN2OS. The van der Waals surface area contributed by atoms with Gasteiger partial charge in [-0.3, -0.25) is 4.99 Å². The van der Waals surface area contributed by atoms with Crippen LogP contribution in [0.4, 0.5) is 5.69 Å². The third-order valence-corrected chi connectivity index (χ3v) is 4.70. The van der Waals surface area contributed by atoms with E-state index in [1.807, 2.05) is 24.3 Å². The number of amidine groups is 1. The first-order valence-corrected chi connectivity index (χ1v) is 7.45. The molecule has 0 unspecified atom stereocenters. The molecule has 2 heterocycles. The topological polar surface area (TPSA) is 33.6 Å². The van der Waals surface area contributed by atoms with Crippen LogP contribution >= 0.6 is 23.4 Å². The van der Waals surface area contributed by atoms with Crippen LogP contribution in [0.25, 0.3) is 0 Å². The molecule has 0 aliphatic carbocycles. The first-order valence-electron chi connectivity index (χ1n) is 6.09. The van der Waals surface area contributed by atoms with Crippen molar-refractivity contribution in [2.24, 2.45) is 4.99 Å². The first-order chi connectivity index (χ1) is 8.76. The van der Waals surface area contributed by atoms with Crippen molar-refractivity contribution in [3.63, 3.8) is 0 Å². The summed E-state index contributed by atoms with van der Waals surface area (Å²) in [5.74, 6) is 1.05. The average molecular weight is 283 g/mol. The zero-order chi connectivity index (χ0) is 12.4. The number of thioether (sulfide) groups is 1. The molecule has 2 aliphatic rings. The minimum absolute atomic E-state index is 0.101. The fourth-order valence-electron chi connectivity index (χ4n) is 2.24.